The number of fused-ring (bicyclic) bond motifs is 10. The topological polar surface area (TPSA) is 26.7 Å². The van der Waals surface area contributed by atoms with Gasteiger partial charge in [-0.3, -0.25) is 0 Å². The standard InChI is InChI=1S/C32H56N2O/c35-31-19-15-11-7-2-1-6-10-14-18-29-25-33-21-16-12-8-4-3-5-9-13-17-28-23-30(32(29)20-22-33)26-34(24-28)27-31/h1-4,28-32,35H,5-27H2. The number of rotatable bonds is 0. The lowest BCUT2D eigenvalue weighted by Crippen LogP contribution is -2.50. The van der Waals surface area contributed by atoms with E-state index in [0.717, 1.165) is 36.6 Å². The van der Waals surface area contributed by atoms with Crippen LogP contribution in [0.1, 0.15) is 109 Å². The van der Waals surface area contributed by atoms with Crippen LogP contribution in [0.25, 0.3) is 0 Å². The Hall–Kier alpha value is -0.640. The smallest absolute Gasteiger partial charge is 0.0667 e. The van der Waals surface area contributed by atoms with E-state index in [1.54, 1.807) is 0 Å². The van der Waals surface area contributed by atoms with Crippen molar-refractivity contribution >= 4 is 0 Å². The van der Waals surface area contributed by atoms with Crippen molar-refractivity contribution in [2.45, 2.75) is 115 Å². The van der Waals surface area contributed by atoms with Crippen LogP contribution in [0.2, 0.25) is 0 Å². The molecule has 5 heterocycles. The van der Waals surface area contributed by atoms with E-state index in [2.05, 4.69) is 34.1 Å². The van der Waals surface area contributed by atoms with Crippen LogP contribution < -0.4 is 0 Å². The molecule has 6 bridgehead atoms. The van der Waals surface area contributed by atoms with Gasteiger partial charge in [-0.25, -0.2) is 0 Å². The van der Waals surface area contributed by atoms with E-state index >= 15 is 0 Å². The van der Waals surface area contributed by atoms with Crippen LogP contribution in [0.5, 0.6) is 0 Å². The molecular formula is C32H56N2O. The molecule has 0 radical (unpaired) electrons. The molecule has 5 aliphatic rings. The van der Waals surface area contributed by atoms with Crippen molar-refractivity contribution in [1.29, 1.82) is 0 Å². The molecule has 0 aromatic rings. The number of aliphatic hydroxyl groups excluding tert-OH is 1. The molecule has 0 spiro atoms. The van der Waals surface area contributed by atoms with Crippen LogP contribution in [0.3, 0.4) is 0 Å². The zero-order valence-electron chi connectivity index (χ0n) is 22.8. The predicted molar refractivity (Wildman–Crippen MR) is 150 cm³/mol. The van der Waals surface area contributed by atoms with Crippen molar-refractivity contribution in [3.05, 3.63) is 24.3 Å². The number of aliphatic hydroxyl groups is 1. The minimum absolute atomic E-state index is 0.140. The summed E-state index contributed by atoms with van der Waals surface area (Å²) in [5, 5.41) is 10.9. The molecule has 2 saturated heterocycles. The SMILES string of the molecule is OC1CCCCC=CCCCCC2CN3CCCCC=CCCCCC4CC(CN(C1)C4)C2CC3. The quantitative estimate of drug-likeness (QED) is 0.368. The van der Waals surface area contributed by atoms with Crippen molar-refractivity contribution in [2.24, 2.45) is 23.7 Å². The van der Waals surface area contributed by atoms with Crippen molar-refractivity contribution in [1.82, 2.24) is 9.80 Å². The van der Waals surface area contributed by atoms with Crippen molar-refractivity contribution in [2.75, 3.05) is 39.3 Å². The maximum atomic E-state index is 10.9. The number of hydrogen-bond donors (Lipinski definition) is 1. The van der Waals surface area contributed by atoms with Crippen LogP contribution >= 0.6 is 0 Å². The first-order valence-electron chi connectivity index (χ1n) is 15.7. The highest BCUT2D eigenvalue weighted by Gasteiger charge is 2.38. The van der Waals surface area contributed by atoms with Crippen LogP contribution in [-0.2, 0) is 0 Å². The lowest BCUT2D eigenvalue weighted by molar-refractivity contribution is 0.00263. The Morgan fingerprint density at radius 1 is 0.514 bits per heavy atom. The van der Waals surface area contributed by atoms with E-state index in [0.29, 0.717) is 0 Å². The first kappa shape index (κ1) is 27.4. The summed E-state index contributed by atoms with van der Waals surface area (Å²) in [7, 11) is 0. The third kappa shape index (κ3) is 9.63. The highest BCUT2D eigenvalue weighted by Crippen LogP contribution is 2.40. The van der Waals surface area contributed by atoms with Crippen molar-refractivity contribution in [3.8, 4) is 0 Å². The molecule has 7 atom stereocenters. The average Bonchev–Trinajstić information content (AvgIpc) is 2.85. The second-order valence-corrected chi connectivity index (χ2v) is 12.5. The van der Waals surface area contributed by atoms with Gasteiger partial charge in [0.25, 0.3) is 0 Å². The maximum absolute atomic E-state index is 10.9. The fraction of sp³-hybridized carbons (Fsp3) is 0.875. The molecule has 3 heteroatoms. The Morgan fingerprint density at radius 3 is 1.89 bits per heavy atom. The first-order chi connectivity index (χ1) is 17.3. The van der Waals surface area contributed by atoms with Gasteiger partial charge in [0.2, 0.25) is 0 Å². The van der Waals surface area contributed by atoms with Gasteiger partial charge in [0, 0.05) is 26.2 Å². The van der Waals surface area contributed by atoms with Gasteiger partial charge in [-0.15, -0.1) is 0 Å². The number of nitrogens with zero attached hydrogens (tertiary/aromatic N) is 2. The van der Waals surface area contributed by atoms with Gasteiger partial charge in [-0.2, -0.15) is 0 Å². The second kappa shape index (κ2) is 15.6. The summed E-state index contributed by atoms with van der Waals surface area (Å²) in [5.74, 6) is 3.47. The summed E-state index contributed by atoms with van der Waals surface area (Å²) >= 11 is 0. The molecule has 0 aliphatic carbocycles. The largest absolute Gasteiger partial charge is 0.392 e. The zero-order valence-corrected chi connectivity index (χ0v) is 22.8. The van der Waals surface area contributed by atoms with Crippen molar-refractivity contribution < 1.29 is 5.11 Å². The van der Waals surface area contributed by atoms with E-state index in [1.807, 2.05) is 0 Å². The van der Waals surface area contributed by atoms with Crippen LogP contribution in [0, 0.1) is 23.7 Å². The van der Waals surface area contributed by atoms with Crippen LogP contribution in [0.4, 0.5) is 0 Å². The molecular weight excluding hydrogens is 428 g/mol. The molecule has 2 fully saturated rings. The van der Waals surface area contributed by atoms with Crippen LogP contribution in [0.15, 0.2) is 24.3 Å². The third-order valence-electron chi connectivity index (χ3n) is 9.61. The highest BCUT2D eigenvalue weighted by molar-refractivity contribution is 4.92. The summed E-state index contributed by atoms with van der Waals surface area (Å²) in [4.78, 5) is 5.53. The summed E-state index contributed by atoms with van der Waals surface area (Å²) in [6.07, 6.45) is 31.9. The molecule has 1 N–H and O–H groups in total. The molecule has 0 aromatic carbocycles. The van der Waals surface area contributed by atoms with E-state index in [9.17, 15) is 5.11 Å². The fourth-order valence-electron chi connectivity index (χ4n) is 7.74. The first-order valence-corrected chi connectivity index (χ1v) is 15.7. The summed E-state index contributed by atoms with van der Waals surface area (Å²) in [5.41, 5.74) is 0. The zero-order chi connectivity index (χ0) is 24.1. The summed E-state index contributed by atoms with van der Waals surface area (Å²) in [6.45, 7) is 7.37. The highest BCUT2D eigenvalue weighted by atomic mass is 16.3. The average molecular weight is 485 g/mol. The van der Waals surface area contributed by atoms with Gasteiger partial charge < -0.3 is 14.9 Å². The summed E-state index contributed by atoms with van der Waals surface area (Å²) < 4.78 is 0. The monoisotopic (exact) mass is 484 g/mol. The second-order valence-electron chi connectivity index (χ2n) is 12.5. The molecule has 0 saturated carbocycles. The predicted octanol–water partition coefficient (Wildman–Crippen LogP) is 7.21. The van der Waals surface area contributed by atoms with Gasteiger partial charge >= 0.3 is 0 Å². The number of allylic oxidation sites excluding steroid dienone is 4. The van der Waals surface area contributed by atoms with Gasteiger partial charge in [-0.1, -0.05) is 43.6 Å². The van der Waals surface area contributed by atoms with Gasteiger partial charge in [0.1, 0.15) is 0 Å². The Morgan fingerprint density at radius 2 is 1.14 bits per heavy atom. The van der Waals surface area contributed by atoms with Crippen LogP contribution in [-0.4, -0.2) is 60.3 Å². The molecule has 35 heavy (non-hydrogen) atoms. The van der Waals surface area contributed by atoms with Gasteiger partial charge in [0.05, 0.1) is 6.10 Å². The lowest BCUT2D eigenvalue weighted by Gasteiger charge is -2.47. The number of hydrogen-bond acceptors (Lipinski definition) is 3. The molecule has 0 aromatic heterocycles. The van der Waals surface area contributed by atoms with Gasteiger partial charge in [-0.05, 0) is 127 Å². The van der Waals surface area contributed by atoms with Gasteiger partial charge in [0.15, 0.2) is 0 Å². The minimum Gasteiger partial charge on any atom is -0.392 e. The minimum atomic E-state index is -0.140. The molecule has 200 valence electrons. The van der Waals surface area contributed by atoms with E-state index in [4.69, 9.17) is 0 Å². The Labute approximate surface area is 217 Å². The van der Waals surface area contributed by atoms with E-state index in [-0.39, 0.29) is 6.10 Å². The number of piperidine rings is 2. The van der Waals surface area contributed by atoms with Crippen molar-refractivity contribution in [3.63, 3.8) is 0 Å². The molecule has 7 unspecified atom stereocenters. The Kier molecular flexibility index (Phi) is 12.2. The molecule has 5 aliphatic heterocycles. The Bertz CT molecular complexity index is 631. The fourth-order valence-corrected chi connectivity index (χ4v) is 7.74. The molecule has 0 amide bonds. The summed E-state index contributed by atoms with van der Waals surface area (Å²) in [6, 6.07) is 0. The third-order valence-corrected chi connectivity index (χ3v) is 9.61. The van der Waals surface area contributed by atoms with E-state index < -0.39 is 0 Å². The molecule has 3 nitrogen and oxygen atoms in total. The van der Waals surface area contributed by atoms with E-state index in [1.165, 1.54) is 135 Å². The lowest BCUT2D eigenvalue weighted by atomic mass is 9.69. The normalized spacial score (nSPS) is 39.3. The molecule has 5 rings (SSSR count). The Balaban J connectivity index is 1.49. The maximum Gasteiger partial charge on any atom is 0.0667 e.